The molecular formula is C25H18N2O2S. The van der Waals surface area contributed by atoms with E-state index in [0.29, 0.717) is 17.1 Å². The predicted octanol–water partition coefficient (Wildman–Crippen LogP) is 5.89. The van der Waals surface area contributed by atoms with Gasteiger partial charge in [0, 0.05) is 25.0 Å². The van der Waals surface area contributed by atoms with Crippen molar-refractivity contribution < 1.29 is 12.6 Å². The molecule has 0 bridgehead atoms. The molecule has 6 rings (SSSR count). The number of thioether (sulfide) groups is 1. The number of fused-ring (bicyclic) bond motifs is 4. The molecule has 0 saturated heterocycles. The van der Waals surface area contributed by atoms with E-state index in [0.717, 1.165) is 27.1 Å². The number of hydrogen-bond donors (Lipinski definition) is 1. The fourth-order valence-corrected chi connectivity index (χ4v) is 5.12. The second-order valence-corrected chi connectivity index (χ2v) is 8.41. The first kappa shape index (κ1) is 15.5. The van der Waals surface area contributed by atoms with Crippen LogP contribution in [0.3, 0.4) is 0 Å². The lowest BCUT2D eigenvalue weighted by Crippen LogP contribution is -2.02. The van der Waals surface area contributed by atoms with E-state index in [9.17, 15) is 5.11 Å². The monoisotopic (exact) mass is 412 g/mol. The van der Waals surface area contributed by atoms with E-state index in [2.05, 4.69) is 4.98 Å². The fraction of sp³-hybridized carbons (Fsp3) is 0.120. The number of rotatable bonds is 3. The Morgan fingerprint density at radius 3 is 2.87 bits per heavy atom. The molecule has 3 aromatic carbocycles. The summed E-state index contributed by atoms with van der Waals surface area (Å²) in [5.74, 6) is 1.10. The Morgan fingerprint density at radius 2 is 1.90 bits per heavy atom. The Hall–Kier alpha value is -3.31. The zero-order valence-electron chi connectivity index (χ0n) is 17.8. The maximum Gasteiger partial charge on any atom is 0.219 e. The number of aliphatic imine (C=N–C) groups is 1. The third-order valence-corrected chi connectivity index (χ3v) is 6.53. The van der Waals surface area contributed by atoms with Gasteiger partial charge in [-0.15, -0.1) is 0 Å². The first-order chi connectivity index (χ1) is 15.5. The summed E-state index contributed by atoms with van der Waals surface area (Å²) in [6, 6.07) is 24.0. The minimum absolute atomic E-state index is 0.111. The number of nitrogens with zero attached hydrogens (tertiary/aromatic N) is 2. The summed E-state index contributed by atoms with van der Waals surface area (Å²) in [6.45, 7) is 0. The zero-order valence-corrected chi connectivity index (χ0v) is 16.6. The number of pyridine rings is 1. The van der Waals surface area contributed by atoms with Gasteiger partial charge in [0.05, 0.1) is 11.1 Å². The number of aromatic nitrogens is 1. The molecular weight excluding hydrogens is 392 g/mol. The van der Waals surface area contributed by atoms with Gasteiger partial charge >= 0.3 is 0 Å². The lowest BCUT2D eigenvalue weighted by Gasteiger charge is -2.09. The first-order valence-electron chi connectivity index (χ1n) is 10.7. The van der Waals surface area contributed by atoms with Crippen LogP contribution < -0.4 is 4.74 Å². The first-order valence-corrected chi connectivity index (χ1v) is 10.6. The molecule has 0 saturated carbocycles. The predicted molar refractivity (Wildman–Crippen MR) is 121 cm³/mol. The summed E-state index contributed by atoms with van der Waals surface area (Å²) >= 11 is 1.49. The van der Waals surface area contributed by atoms with Gasteiger partial charge in [0.25, 0.3) is 0 Å². The van der Waals surface area contributed by atoms with Gasteiger partial charge in [0.1, 0.15) is 17.0 Å². The van der Waals surface area contributed by atoms with Crippen LogP contribution in [0.15, 0.2) is 83.9 Å². The lowest BCUT2D eigenvalue weighted by molar-refractivity contribution is 0.460. The Morgan fingerprint density at radius 1 is 1.00 bits per heavy atom. The molecule has 4 aromatic rings. The molecule has 0 fully saturated rings. The zero-order chi connectivity index (χ0) is 21.9. The van der Waals surface area contributed by atoms with Crippen molar-refractivity contribution in [3.8, 4) is 17.4 Å². The highest BCUT2D eigenvalue weighted by Crippen LogP contribution is 2.47. The van der Waals surface area contributed by atoms with Crippen LogP contribution in [0.1, 0.15) is 25.5 Å². The Kier molecular flexibility index (Phi) is 3.56. The van der Waals surface area contributed by atoms with Gasteiger partial charge < -0.3 is 9.84 Å². The van der Waals surface area contributed by atoms with Gasteiger partial charge in [-0.25, -0.2) is 4.98 Å². The molecule has 1 aliphatic heterocycles. The highest BCUT2D eigenvalue weighted by molar-refractivity contribution is 8.15. The average molecular weight is 413 g/mol. The summed E-state index contributed by atoms with van der Waals surface area (Å²) in [5.41, 5.74) is 3.09. The van der Waals surface area contributed by atoms with Crippen LogP contribution >= 0.6 is 11.8 Å². The molecule has 0 spiro atoms. The Balaban J connectivity index is 1.31. The summed E-state index contributed by atoms with van der Waals surface area (Å²) < 4.78 is 23.3. The molecule has 0 amide bonds. The second kappa shape index (κ2) is 6.89. The molecule has 5 heteroatoms. The quantitative estimate of drug-likeness (QED) is 0.456. The van der Waals surface area contributed by atoms with E-state index in [1.165, 1.54) is 11.8 Å². The maximum absolute atomic E-state index is 10.1. The number of ether oxygens (including phenoxy) is 1. The van der Waals surface area contributed by atoms with Crippen LogP contribution in [-0.2, 0) is 6.37 Å². The number of para-hydroxylation sites is 1. The van der Waals surface area contributed by atoms with Crippen molar-refractivity contribution in [2.75, 3.05) is 0 Å². The number of phenols is 1. The molecule has 146 valence electrons. The molecule has 4 nitrogen and oxygen atoms in total. The fourth-order valence-electron chi connectivity index (χ4n) is 3.92. The molecule has 2 atom stereocenters. The summed E-state index contributed by atoms with van der Waals surface area (Å²) in [5, 5.41) is 11.4. The smallest absolute Gasteiger partial charge is 0.219 e. The van der Waals surface area contributed by atoms with Gasteiger partial charge in [-0.1, -0.05) is 60.3 Å². The largest absolute Gasteiger partial charge is 0.506 e. The van der Waals surface area contributed by atoms with Crippen molar-refractivity contribution in [3.63, 3.8) is 0 Å². The van der Waals surface area contributed by atoms with Crippen molar-refractivity contribution in [2.24, 2.45) is 4.99 Å². The van der Waals surface area contributed by atoms with Gasteiger partial charge in [0.15, 0.2) is 0 Å². The van der Waals surface area contributed by atoms with E-state index >= 15 is 0 Å². The Labute approximate surface area is 181 Å². The van der Waals surface area contributed by atoms with Gasteiger partial charge in [-0.05, 0) is 41.8 Å². The highest BCUT2D eigenvalue weighted by atomic mass is 32.2. The van der Waals surface area contributed by atoms with Crippen molar-refractivity contribution in [1.82, 2.24) is 4.98 Å². The molecule has 0 radical (unpaired) electrons. The van der Waals surface area contributed by atoms with Gasteiger partial charge in [0.2, 0.25) is 5.88 Å². The molecule has 1 aromatic heterocycles. The van der Waals surface area contributed by atoms with Gasteiger partial charge in [-0.3, -0.25) is 4.99 Å². The molecule has 2 aliphatic rings. The van der Waals surface area contributed by atoms with E-state index < -0.39 is 6.37 Å². The van der Waals surface area contributed by atoms with Crippen molar-refractivity contribution in [3.05, 3.63) is 95.6 Å². The van der Waals surface area contributed by atoms with Gasteiger partial charge in [-0.2, -0.15) is 0 Å². The standard InChI is InChI=1S/C25H18N2O2S/c28-20-10-4-6-15-11-12-22(26-23(15)20)29-18-8-3-7-17(13-18)25-27-24-19-9-2-1-5-16(19)14-21(24)30-25/h1-13,21,24,28H,14H2/t21-,24+/m1/s1/i14D2. The minimum Gasteiger partial charge on any atom is -0.506 e. The number of hydrogen-bond acceptors (Lipinski definition) is 5. The molecule has 1 N–H and O–H groups in total. The molecule has 30 heavy (non-hydrogen) atoms. The van der Waals surface area contributed by atoms with Crippen LogP contribution in [0, 0.1) is 0 Å². The van der Waals surface area contributed by atoms with Crippen molar-refractivity contribution in [2.45, 2.75) is 17.7 Å². The van der Waals surface area contributed by atoms with Crippen LogP contribution in [0.2, 0.25) is 0 Å². The minimum atomic E-state index is -1.43. The van der Waals surface area contributed by atoms with E-state index in [4.69, 9.17) is 12.5 Å². The highest BCUT2D eigenvalue weighted by Gasteiger charge is 2.38. The van der Waals surface area contributed by atoms with Crippen molar-refractivity contribution >= 4 is 27.7 Å². The number of benzene rings is 3. The molecule has 2 heterocycles. The van der Waals surface area contributed by atoms with E-state index in [-0.39, 0.29) is 17.0 Å². The number of aromatic hydroxyl groups is 1. The Bertz CT molecular complexity index is 1410. The number of phenolic OH excluding ortho intramolecular Hbond substituents is 1. The average Bonchev–Trinajstić information content (AvgIpc) is 3.34. The second-order valence-electron chi connectivity index (χ2n) is 7.28. The molecule has 0 unspecified atom stereocenters. The maximum atomic E-state index is 10.1. The lowest BCUT2D eigenvalue weighted by atomic mass is 10.1. The van der Waals surface area contributed by atoms with E-state index in [1.54, 1.807) is 18.2 Å². The van der Waals surface area contributed by atoms with Crippen LogP contribution in [0.5, 0.6) is 17.4 Å². The molecule has 1 aliphatic carbocycles. The van der Waals surface area contributed by atoms with E-state index in [1.807, 2.05) is 60.7 Å². The third kappa shape index (κ3) is 2.94. The summed E-state index contributed by atoms with van der Waals surface area (Å²) in [6.07, 6.45) is -1.43. The summed E-state index contributed by atoms with van der Waals surface area (Å²) in [7, 11) is 0. The third-order valence-electron chi connectivity index (χ3n) is 5.34. The SMILES string of the molecule is [2H]C1([2H])c2ccccc2[C@@H]2N=C(c3cccc(Oc4ccc5cccc(O)c5n4)c3)S[C@@H]21. The normalized spacial score (nSPS) is 22.1. The van der Waals surface area contributed by atoms with Crippen molar-refractivity contribution in [1.29, 1.82) is 0 Å². The van der Waals surface area contributed by atoms with Crippen LogP contribution in [0.4, 0.5) is 0 Å². The van der Waals surface area contributed by atoms with Crippen LogP contribution in [-0.4, -0.2) is 20.4 Å². The topological polar surface area (TPSA) is 54.7 Å². The summed E-state index contributed by atoms with van der Waals surface area (Å²) in [4.78, 5) is 9.32. The van der Waals surface area contributed by atoms with Crippen LogP contribution in [0.25, 0.3) is 10.9 Å².